The maximum atomic E-state index is 10.3. The van der Waals surface area contributed by atoms with Crippen LogP contribution in [0.5, 0.6) is 11.5 Å². The SMILES string of the molecule is CCOc1cccc(CN2CCCC(N(C)C)C2)c1O. The summed E-state index contributed by atoms with van der Waals surface area (Å²) >= 11 is 0. The Hall–Kier alpha value is -1.26. The molecule has 0 aliphatic carbocycles. The summed E-state index contributed by atoms with van der Waals surface area (Å²) in [7, 11) is 4.28. The second-order valence-electron chi connectivity index (χ2n) is 5.69. The highest BCUT2D eigenvalue weighted by Gasteiger charge is 2.22. The minimum Gasteiger partial charge on any atom is -0.504 e. The normalized spacial score (nSPS) is 20.3. The number of likely N-dealkylation sites (N-methyl/N-ethyl adjacent to an activating group) is 1. The fraction of sp³-hybridized carbons (Fsp3) is 0.625. The molecule has 1 aromatic carbocycles. The second-order valence-corrected chi connectivity index (χ2v) is 5.69. The molecule has 0 saturated carbocycles. The van der Waals surface area contributed by atoms with Gasteiger partial charge in [-0.05, 0) is 46.5 Å². The largest absolute Gasteiger partial charge is 0.504 e. The minimum absolute atomic E-state index is 0.293. The number of aromatic hydroxyl groups is 1. The lowest BCUT2D eigenvalue weighted by atomic mass is 10.0. The van der Waals surface area contributed by atoms with Crippen molar-refractivity contribution in [2.75, 3.05) is 33.8 Å². The molecule has 1 aliphatic heterocycles. The Morgan fingerprint density at radius 1 is 1.40 bits per heavy atom. The van der Waals surface area contributed by atoms with Gasteiger partial charge in [-0.3, -0.25) is 4.90 Å². The fourth-order valence-electron chi connectivity index (χ4n) is 2.80. The summed E-state index contributed by atoms with van der Waals surface area (Å²) in [6.07, 6.45) is 2.48. The first-order valence-corrected chi connectivity index (χ1v) is 7.44. The molecule has 1 fully saturated rings. The van der Waals surface area contributed by atoms with Gasteiger partial charge >= 0.3 is 0 Å². The standard InChI is InChI=1S/C16H26N2O2/c1-4-20-15-9-5-7-13(16(15)19)11-18-10-6-8-14(12-18)17(2)3/h5,7,9,14,19H,4,6,8,10-12H2,1-3H3. The molecule has 1 atom stereocenters. The van der Waals surface area contributed by atoms with Crippen molar-refractivity contribution in [2.45, 2.75) is 32.4 Å². The molecule has 1 N–H and O–H groups in total. The van der Waals surface area contributed by atoms with Crippen LogP contribution in [0.1, 0.15) is 25.3 Å². The number of ether oxygens (including phenoxy) is 1. The molecular weight excluding hydrogens is 252 g/mol. The van der Waals surface area contributed by atoms with Crippen LogP contribution in [0.25, 0.3) is 0 Å². The summed E-state index contributed by atoms with van der Waals surface area (Å²) in [5.74, 6) is 0.882. The van der Waals surface area contributed by atoms with E-state index >= 15 is 0 Å². The first kappa shape index (κ1) is 15.1. The highest BCUT2D eigenvalue weighted by atomic mass is 16.5. The molecule has 0 aromatic heterocycles. The third-order valence-electron chi connectivity index (χ3n) is 3.99. The molecule has 0 bridgehead atoms. The monoisotopic (exact) mass is 278 g/mol. The Kier molecular flexibility index (Phi) is 5.26. The first-order chi connectivity index (χ1) is 9.61. The van der Waals surface area contributed by atoms with Crippen LogP contribution in [-0.2, 0) is 6.54 Å². The van der Waals surface area contributed by atoms with Gasteiger partial charge in [-0.2, -0.15) is 0 Å². The van der Waals surface area contributed by atoms with E-state index in [1.807, 2.05) is 25.1 Å². The predicted molar refractivity (Wildman–Crippen MR) is 81.3 cm³/mol. The zero-order chi connectivity index (χ0) is 14.5. The van der Waals surface area contributed by atoms with Gasteiger partial charge in [0.1, 0.15) is 0 Å². The molecular formula is C16H26N2O2. The van der Waals surface area contributed by atoms with Gasteiger partial charge < -0.3 is 14.7 Å². The van der Waals surface area contributed by atoms with E-state index in [9.17, 15) is 5.11 Å². The lowest BCUT2D eigenvalue weighted by molar-refractivity contribution is 0.127. The smallest absolute Gasteiger partial charge is 0.162 e. The summed E-state index contributed by atoms with van der Waals surface area (Å²) < 4.78 is 5.45. The maximum Gasteiger partial charge on any atom is 0.162 e. The Bertz CT molecular complexity index is 434. The van der Waals surface area contributed by atoms with E-state index in [0.29, 0.717) is 24.1 Å². The number of nitrogens with zero attached hydrogens (tertiary/aromatic N) is 2. The predicted octanol–water partition coefficient (Wildman–Crippen LogP) is 2.32. The number of rotatable bonds is 5. The second kappa shape index (κ2) is 6.95. The summed E-state index contributed by atoms with van der Waals surface area (Å²) in [6, 6.07) is 6.37. The zero-order valence-electron chi connectivity index (χ0n) is 12.8. The summed E-state index contributed by atoms with van der Waals surface area (Å²) in [5, 5.41) is 10.3. The average molecular weight is 278 g/mol. The number of hydrogen-bond acceptors (Lipinski definition) is 4. The lowest BCUT2D eigenvalue weighted by Crippen LogP contribution is -2.44. The van der Waals surface area contributed by atoms with Crippen LogP contribution in [-0.4, -0.2) is 54.7 Å². The lowest BCUT2D eigenvalue weighted by Gasteiger charge is -2.36. The molecule has 1 saturated heterocycles. The Labute approximate surface area is 122 Å². The summed E-state index contributed by atoms with van der Waals surface area (Å²) in [5.41, 5.74) is 0.954. The third kappa shape index (κ3) is 3.64. The van der Waals surface area contributed by atoms with Gasteiger partial charge in [-0.25, -0.2) is 0 Å². The molecule has 0 spiro atoms. The number of likely N-dealkylation sites (tertiary alicyclic amines) is 1. The molecule has 1 aliphatic rings. The van der Waals surface area contributed by atoms with E-state index in [1.165, 1.54) is 12.8 Å². The molecule has 1 unspecified atom stereocenters. The van der Waals surface area contributed by atoms with Crippen LogP contribution >= 0.6 is 0 Å². The van der Waals surface area contributed by atoms with Crippen LogP contribution in [0, 0.1) is 0 Å². The molecule has 20 heavy (non-hydrogen) atoms. The fourth-order valence-corrected chi connectivity index (χ4v) is 2.80. The quantitative estimate of drug-likeness (QED) is 0.896. The van der Waals surface area contributed by atoms with Crippen molar-refractivity contribution in [3.8, 4) is 11.5 Å². The molecule has 4 nitrogen and oxygen atoms in total. The van der Waals surface area contributed by atoms with Crippen molar-refractivity contribution in [2.24, 2.45) is 0 Å². The van der Waals surface area contributed by atoms with Crippen molar-refractivity contribution >= 4 is 0 Å². The number of hydrogen-bond donors (Lipinski definition) is 1. The Morgan fingerprint density at radius 2 is 2.20 bits per heavy atom. The van der Waals surface area contributed by atoms with Crippen molar-refractivity contribution in [1.29, 1.82) is 0 Å². The van der Waals surface area contributed by atoms with E-state index in [0.717, 1.165) is 25.2 Å². The number of phenols is 1. The number of piperidine rings is 1. The van der Waals surface area contributed by atoms with E-state index in [4.69, 9.17) is 4.74 Å². The Balaban J connectivity index is 2.04. The average Bonchev–Trinajstić information content (AvgIpc) is 2.44. The summed E-state index contributed by atoms with van der Waals surface area (Å²) in [4.78, 5) is 4.71. The summed E-state index contributed by atoms with van der Waals surface area (Å²) in [6.45, 7) is 5.45. The van der Waals surface area contributed by atoms with Crippen molar-refractivity contribution in [3.05, 3.63) is 23.8 Å². The van der Waals surface area contributed by atoms with Gasteiger partial charge in [0, 0.05) is 24.7 Å². The topological polar surface area (TPSA) is 35.9 Å². The third-order valence-corrected chi connectivity index (χ3v) is 3.99. The van der Waals surface area contributed by atoms with Gasteiger partial charge in [0.2, 0.25) is 0 Å². The van der Waals surface area contributed by atoms with Gasteiger partial charge in [0.25, 0.3) is 0 Å². The number of benzene rings is 1. The molecule has 2 rings (SSSR count). The van der Waals surface area contributed by atoms with Crippen LogP contribution in [0.15, 0.2) is 18.2 Å². The number of phenolic OH excluding ortho intramolecular Hbond substituents is 1. The van der Waals surface area contributed by atoms with E-state index < -0.39 is 0 Å². The Morgan fingerprint density at radius 3 is 2.90 bits per heavy atom. The zero-order valence-corrected chi connectivity index (χ0v) is 12.8. The molecule has 0 amide bonds. The van der Waals surface area contributed by atoms with Crippen LogP contribution in [0.2, 0.25) is 0 Å². The first-order valence-electron chi connectivity index (χ1n) is 7.44. The maximum absolute atomic E-state index is 10.3. The van der Waals surface area contributed by atoms with Crippen molar-refractivity contribution < 1.29 is 9.84 Å². The van der Waals surface area contributed by atoms with Crippen LogP contribution in [0.3, 0.4) is 0 Å². The highest BCUT2D eigenvalue weighted by molar-refractivity contribution is 5.45. The molecule has 112 valence electrons. The van der Waals surface area contributed by atoms with E-state index in [2.05, 4.69) is 23.9 Å². The van der Waals surface area contributed by atoms with Crippen LogP contribution in [0.4, 0.5) is 0 Å². The molecule has 1 aromatic rings. The van der Waals surface area contributed by atoms with Crippen molar-refractivity contribution in [1.82, 2.24) is 9.80 Å². The molecule has 0 radical (unpaired) electrons. The van der Waals surface area contributed by atoms with Crippen LogP contribution < -0.4 is 4.74 Å². The van der Waals surface area contributed by atoms with E-state index in [-0.39, 0.29) is 0 Å². The molecule has 1 heterocycles. The van der Waals surface area contributed by atoms with Gasteiger partial charge in [-0.15, -0.1) is 0 Å². The van der Waals surface area contributed by atoms with E-state index in [1.54, 1.807) is 0 Å². The van der Waals surface area contributed by atoms with Gasteiger partial charge in [0.05, 0.1) is 6.61 Å². The van der Waals surface area contributed by atoms with Gasteiger partial charge in [0.15, 0.2) is 11.5 Å². The highest BCUT2D eigenvalue weighted by Crippen LogP contribution is 2.31. The van der Waals surface area contributed by atoms with Crippen molar-refractivity contribution in [3.63, 3.8) is 0 Å². The number of para-hydroxylation sites is 1. The molecule has 4 heteroatoms. The minimum atomic E-state index is 0.293. The van der Waals surface area contributed by atoms with Gasteiger partial charge in [-0.1, -0.05) is 12.1 Å².